The van der Waals surface area contributed by atoms with Crippen molar-refractivity contribution in [2.75, 3.05) is 22.4 Å². The lowest BCUT2D eigenvalue weighted by molar-refractivity contribution is -0.114. The van der Waals surface area contributed by atoms with Gasteiger partial charge in [0.2, 0.25) is 15.9 Å². The Morgan fingerprint density at radius 1 is 1.22 bits per heavy atom. The minimum Gasteiger partial charge on any atom is -0.324 e. The molecule has 0 radical (unpaired) electrons. The van der Waals surface area contributed by atoms with E-state index in [0.717, 1.165) is 18.6 Å². The van der Waals surface area contributed by atoms with Gasteiger partial charge in [-0.25, -0.2) is 8.42 Å². The zero-order valence-corrected chi connectivity index (χ0v) is 16.7. The standard InChI is InChI=1S/C15H14BrIN2O3S/c1-23(21,22)19(14-7-5-12(17)6-8-14)10-15(20)18-13-4-2-3-11(16)9-13/h2-9H,10H2,1H3,(H,18,20). The van der Waals surface area contributed by atoms with Crippen LogP contribution in [0, 0.1) is 3.57 Å². The highest BCUT2D eigenvalue weighted by molar-refractivity contribution is 14.1. The summed E-state index contributed by atoms with van der Waals surface area (Å²) < 4.78 is 26.9. The van der Waals surface area contributed by atoms with Crippen LogP contribution in [0.1, 0.15) is 0 Å². The second-order valence-electron chi connectivity index (χ2n) is 4.80. The summed E-state index contributed by atoms with van der Waals surface area (Å²) in [5.74, 6) is -0.410. The third kappa shape index (κ3) is 5.47. The second kappa shape index (κ2) is 7.63. The van der Waals surface area contributed by atoms with Gasteiger partial charge in [0.15, 0.2) is 0 Å². The molecular formula is C15H14BrIN2O3S. The third-order valence-corrected chi connectivity index (χ3v) is 5.26. The molecule has 122 valence electrons. The number of nitrogens with zero attached hydrogens (tertiary/aromatic N) is 1. The number of hydrogen-bond acceptors (Lipinski definition) is 3. The van der Waals surface area contributed by atoms with Crippen LogP contribution in [0.25, 0.3) is 0 Å². The predicted molar refractivity (Wildman–Crippen MR) is 104 cm³/mol. The highest BCUT2D eigenvalue weighted by Gasteiger charge is 2.20. The van der Waals surface area contributed by atoms with E-state index in [0.29, 0.717) is 11.4 Å². The minimum atomic E-state index is -3.57. The van der Waals surface area contributed by atoms with Gasteiger partial charge in [0, 0.05) is 13.7 Å². The van der Waals surface area contributed by atoms with E-state index in [9.17, 15) is 13.2 Å². The molecule has 0 heterocycles. The fourth-order valence-electron chi connectivity index (χ4n) is 1.90. The third-order valence-electron chi connectivity index (χ3n) is 2.91. The summed E-state index contributed by atoms with van der Waals surface area (Å²) in [6.07, 6.45) is 1.08. The first-order valence-electron chi connectivity index (χ1n) is 6.54. The van der Waals surface area contributed by atoms with Crippen LogP contribution in [0.4, 0.5) is 11.4 Å². The Morgan fingerprint density at radius 3 is 2.43 bits per heavy atom. The van der Waals surface area contributed by atoms with E-state index in [2.05, 4.69) is 43.8 Å². The Kier molecular flexibility index (Phi) is 6.04. The van der Waals surface area contributed by atoms with Crippen LogP contribution in [0.5, 0.6) is 0 Å². The van der Waals surface area contributed by atoms with Crippen molar-refractivity contribution in [2.45, 2.75) is 0 Å². The first kappa shape index (κ1) is 18.2. The smallest absolute Gasteiger partial charge is 0.245 e. The van der Waals surface area contributed by atoms with Crippen LogP contribution < -0.4 is 9.62 Å². The summed E-state index contributed by atoms with van der Waals surface area (Å²) in [6.45, 7) is -0.286. The molecule has 0 saturated heterocycles. The van der Waals surface area contributed by atoms with Gasteiger partial charge in [0.05, 0.1) is 11.9 Å². The topological polar surface area (TPSA) is 66.5 Å². The van der Waals surface area contributed by atoms with Gasteiger partial charge in [-0.15, -0.1) is 0 Å². The number of benzene rings is 2. The largest absolute Gasteiger partial charge is 0.324 e. The second-order valence-corrected chi connectivity index (χ2v) is 8.87. The Hall–Kier alpha value is -1.13. The minimum absolute atomic E-state index is 0.286. The van der Waals surface area contributed by atoms with Crippen molar-refractivity contribution in [1.82, 2.24) is 0 Å². The molecule has 23 heavy (non-hydrogen) atoms. The molecule has 0 aliphatic carbocycles. The average molecular weight is 509 g/mol. The molecule has 0 aromatic heterocycles. The Labute approximate surface area is 157 Å². The van der Waals surface area contributed by atoms with Crippen LogP contribution in [0.15, 0.2) is 53.0 Å². The van der Waals surface area contributed by atoms with Gasteiger partial charge in [0.25, 0.3) is 0 Å². The maximum Gasteiger partial charge on any atom is 0.245 e. The van der Waals surface area contributed by atoms with E-state index in [4.69, 9.17) is 0 Å². The van der Waals surface area contributed by atoms with Gasteiger partial charge in [0.1, 0.15) is 6.54 Å². The van der Waals surface area contributed by atoms with Crippen molar-refractivity contribution in [2.24, 2.45) is 0 Å². The van der Waals surface area contributed by atoms with E-state index in [1.165, 1.54) is 0 Å². The molecule has 8 heteroatoms. The van der Waals surface area contributed by atoms with Crippen molar-refractivity contribution in [3.8, 4) is 0 Å². The molecule has 0 fully saturated rings. The Morgan fingerprint density at radius 2 is 1.87 bits per heavy atom. The summed E-state index contributed by atoms with van der Waals surface area (Å²) in [5, 5.41) is 2.69. The predicted octanol–water partition coefficient (Wildman–Crippen LogP) is 3.46. The molecule has 0 aliphatic rings. The van der Waals surface area contributed by atoms with Gasteiger partial charge in [-0.1, -0.05) is 22.0 Å². The number of nitrogens with one attached hydrogen (secondary N) is 1. The Balaban J connectivity index is 2.18. The molecule has 1 amide bonds. The molecule has 2 rings (SSSR count). The lowest BCUT2D eigenvalue weighted by Gasteiger charge is -2.22. The molecule has 2 aromatic carbocycles. The zero-order chi connectivity index (χ0) is 17.0. The number of amides is 1. The van der Waals surface area contributed by atoms with E-state index in [-0.39, 0.29) is 6.54 Å². The SMILES string of the molecule is CS(=O)(=O)N(CC(=O)Nc1cccc(Br)c1)c1ccc(I)cc1. The van der Waals surface area contributed by atoms with Crippen LogP contribution >= 0.6 is 38.5 Å². The summed E-state index contributed by atoms with van der Waals surface area (Å²) in [6, 6.07) is 14.0. The number of rotatable bonds is 5. The number of carbonyl (C=O) groups is 1. The van der Waals surface area contributed by atoms with Gasteiger partial charge < -0.3 is 5.32 Å². The number of halogens is 2. The maximum absolute atomic E-state index is 12.2. The first-order valence-corrected chi connectivity index (χ1v) is 10.3. The van der Waals surface area contributed by atoms with Crippen molar-refractivity contribution in [1.29, 1.82) is 0 Å². The monoisotopic (exact) mass is 508 g/mol. The fourth-order valence-corrected chi connectivity index (χ4v) is 3.52. The number of anilines is 2. The molecular weight excluding hydrogens is 495 g/mol. The number of sulfonamides is 1. The summed E-state index contributed by atoms with van der Waals surface area (Å²) >= 11 is 5.45. The fraction of sp³-hybridized carbons (Fsp3) is 0.133. The molecule has 0 unspecified atom stereocenters. The van der Waals surface area contributed by atoms with E-state index in [1.807, 2.05) is 6.07 Å². The van der Waals surface area contributed by atoms with Gasteiger partial charge in [-0.05, 0) is 65.1 Å². The van der Waals surface area contributed by atoms with Crippen LogP contribution in [-0.2, 0) is 14.8 Å². The molecule has 2 aromatic rings. The lowest BCUT2D eigenvalue weighted by Crippen LogP contribution is -2.37. The van der Waals surface area contributed by atoms with Gasteiger partial charge >= 0.3 is 0 Å². The molecule has 0 bridgehead atoms. The lowest BCUT2D eigenvalue weighted by atomic mass is 10.3. The molecule has 0 spiro atoms. The normalized spacial score (nSPS) is 11.1. The quantitative estimate of drug-likeness (QED) is 0.629. The van der Waals surface area contributed by atoms with Crippen LogP contribution in [0.3, 0.4) is 0 Å². The van der Waals surface area contributed by atoms with E-state index < -0.39 is 15.9 Å². The average Bonchev–Trinajstić information content (AvgIpc) is 2.45. The van der Waals surface area contributed by atoms with Crippen LogP contribution in [-0.4, -0.2) is 27.1 Å². The van der Waals surface area contributed by atoms with E-state index >= 15 is 0 Å². The highest BCUT2D eigenvalue weighted by Crippen LogP contribution is 2.20. The van der Waals surface area contributed by atoms with Crippen molar-refractivity contribution in [3.05, 3.63) is 56.6 Å². The molecule has 0 saturated carbocycles. The molecule has 5 nitrogen and oxygen atoms in total. The maximum atomic E-state index is 12.2. The highest BCUT2D eigenvalue weighted by atomic mass is 127. The zero-order valence-electron chi connectivity index (χ0n) is 12.2. The molecule has 0 aliphatic heterocycles. The molecule has 0 atom stereocenters. The summed E-state index contributed by atoms with van der Waals surface area (Å²) in [7, 11) is -3.57. The van der Waals surface area contributed by atoms with Crippen LogP contribution in [0.2, 0.25) is 0 Å². The summed E-state index contributed by atoms with van der Waals surface area (Å²) in [4.78, 5) is 12.2. The number of hydrogen-bond donors (Lipinski definition) is 1. The van der Waals surface area contributed by atoms with Crippen molar-refractivity contribution < 1.29 is 13.2 Å². The number of carbonyl (C=O) groups excluding carboxylic acids is 1. The Bertz CT molecular complexity index is 810. The summed E-state index contributed by atoms with van der Waals surface area (Å²) in [5.41, 5.74) is 1.05. The first-order chi connectivity index (χ1) is 10.8. The van der Waals surface area contributed by atoms with E-state index in [1.54, 1.807) is 42.5 Å². The van der Waals surface area contributed by atoms with Crippen molar-refractivity contribution >= 4 is 65.8 Å². The van der Waals surface area contributed by atoms with Gasteiger partial charge in [-0.2, -0.15) is 0 Å². The van der Waals surface area contributed by atoms with Crippen molar-refractivity contribution in [3.63, 3.8) is 0 Å². The molecule has 1 N–H and O–H groups in total. The van der Waals surface area contributed by atoms with Gasteiger partial charge in [-0.3, -0.25) is 9.10 Å².